The maximum atomic E-state index is 13.4. The topological polar surface area (TPSA) is 101 Å². The normalized spacial score (nSPS) is 17.2. The van der Waals surface area contributed by atoms with E-state index in [0.717, 1.165) is 33.8 Å². The monoisotopic (exact) mass is 667 g/mol. The number of benzene rings is 5. The first-order valence-electron chi connectivity index (χ1n) is 15.5. The van der Waals surface area contributed by atoms with Crippen molar-refractivity contribution in [2.75, 3.05) is 4.90 Å². The SMILES string of the molecule is O=P(O)(O)c1ccc(-c2ccc([C@@H]3[C@@H](CCCC(O)c4ccc(F)cc4)CC(=S)N3c3ccc(-c4ccccc4)cc3)c(O)c2)cc1. The van der Waals surface area contributed by atoms with Gasteiger partial charge in [0.15, 0.2) is 0 Å². The lowest BCUT2D eigenvalue weighted by Gasteiger charge is -2.31. The van der Waals surface area contributed by atoms with Gasteiger partial charge in [0.05, 0.1) is 22.4 Å². The van der Waals surface area contributed by atoms with Crippen LogP contribution in [0.3, 0.4) is 0 Å². The van der Waals surface area contributed by atoms with Crippen LogP contribution < -0.4 is 10.2 Å². The van der Waals surface area contributed by atoms with Gasteiger partial charge in [-0.05, 0) is 89.0 Å². The molecule has 47 heavy (non-hydrogen) atoms. The Balaban J connectivity index is 1.29. The highest BCUT2D eigenvalue weighted by Gasteiger charge is 2.40. The Bertz CT molecular complexity index is 1900. The van der Waals surface area contributed by atoms with Gasteiger partial charge in [-0.15, -0.1) is 0 Å². The summed E-state index contributed by atoms with van der Waals surface area (Å²) in [5.74, 6) is -0.196. The highest BCUT2D eigenvalue weighted by atomic mass is 32.1. The van der Waals surface area contributed by atoms with Gasteiger partial charge in [0.25, 0.3) is 0 Å². The first kappa shape index (κ1) is 32.8. The van der Waals surface area contributed by atoms with Crippen molar-refractivity contribution in [3.05, 3.63) is 138 Å². The Morgan fingerprint density at radius 2 is 1.40 bits per heavy atom. The lowest BCUT2D eigenvalue weighted by molar-refractivity contribution is 0.160. The van der Waals surface area contributed by atoms with Crippen LogP contribution in [0.25, 0.3) is 22.3 Å². The van der Waals surface area contributed by atoms with Gasteiger partial charge in [-0.25, -0.2) is 4.39 Å². The summed E-state index contributed by atoms with van der Waals surface area (Å²) < 4.78 is 25.0. The molecule has 0 bridgehead atoms. The van der Waals surface area contributed by atoms with E-state index < -0.39 is 13.7 Å². The van der Waals surface area contributed by atoms with Crippen molar-refractivity contribution < 1.29 is 29.0 Å². The molecule has 5 aromatic carbocycles. The van der Waals surface area contributed by atoms with E-state index in [1.54, 1.807) is 30.3 Å². The van der Waals surface area contributed by atoms with Crippen molar-refractivity contribution in [2.24, 2.45) is 5.92 Å². The number of aromatic hydroxyl groups is 1. The molecule has 0 spiro atoms. The fraction of sp³-hybridized carbons (Fsp3) is 0.184. The molecule has 0 saturated carbocycles. The molecule has 6 nitrogen and oxygen atoms in total. The molecule has 1 heterocycles. The minimum absolute atomic E-state index is 0.0519. The van der Waals surface area contributed by atoms with Crippen LogP contribution >= 0.6 is 19.8 Å². The zero-order valence-corrected chi connectivity index (χ0v) is 27.2. The molecule has 1 saturated heterocycles. The van der Waals surface area contributed by atoms with E-state index in [-0.39, 0.29) is 28.8 Å². The van der Waals surface area contributed by atoms with E-state index in [9.17, 15) is 29.0 Å². The predicted molar refractivity (Wildman–Crippen MR) is 188 cm³/mol. The molecular weight excluding hydrogens is 632 g/mol. The molecule has 0 radical (unpaired) electrons. The summed E-state index contributed by atoms with van der Waals surface area (Å²) in [6, 6.07) is 35.5. The van der Waals surface area contributed by atoms with Crippen LogP contribution in [0.15, 0.2) is 121 Å². The van der Waals surface area contributed by atoms with Gasteiger partial charge in [0.2, 0.25) is 0 Å². The number of aliphatic hydroxyl groups excluding tert-OH is 1. The van der Waals surface area contributed by atoms with E-state index in [2.05, 4.69) is 41.3 Å². The van der Waals surface area contributed by atoms with Crippen LogP contribution in [0.1, 0.15) is 49.0 Å². The number of aliphatic hydroxyl groups is 1. The van der Waals surface area contributed by atoms with Crippen LogP contribution in [-0.4, -0.2) is 25.0 Å². The Hall–Kier alpha value is -4.17. The third-order valence-corrected chi connectivity index (χ3v) is 10.2. The molecule has 9 heteroatoms. The van der Waals surface area contributed by atoms with Gasteiger partial charge in [-0.3, -0.25) is 4.57 Å². The third-order valence-electron chi connectivity index (χ3n) is 8.88. The fourth-order valence-corrected chi connectivity index (χ4v) is 7.42. The molecule has 1 aliphatic heterocycles. The van der Waals surface area contributed by atoms with Crippen LogP contribution in [0, 0.1) is 11.7 Å². The number of thiocarbonyl (C=S) groups is 1. The van der Waals surface area contributed by atoms with Crippen molar-refractivity contribution >= 4 is 35.8 Å². The molecular formula is C38H35FNO5PS. The number of phenolic OH excluding ortho intramolecular Hbond substituents is 1. The van der Waals surface area contributed by atoms with Gasteiger partial charge in [-0.1, -0.05) is 97.5 Å². The molecule has 5 aromatic rings. The zero-order chi connectivity index (χ0) is 33.1. The van der Waals surface area contributed by atoms with Gasteiger partial charge in [0.1, 0.15) is 11.6 Å². The first-order chi connectivity index (χ1) is 22.6. The molecule has 240 valence electrons. The van der Waals surface area contributed by atoms with Crippen LogP contribution in [0.4, 0.5) is 10.1 Å². The standard InChI is InChI=1S/C38H35FNO5PS/c39-31-16-9-28(10-17-31)35(41)8-4-7-30-24-37(47)40(32-18-11-26(12-19-32)25-5-2-1-3-6-25)38(30)34-22-15-29(23-36(34)42)27-13-20-33(21-14-27)46(43,44)45/h1-3,5-6,9-23,30,35,38,41-42H,4,7-8,24H2,(H2,43,44,45)/t30-,35?,38-/m0/s1. The van der Waals surface area contributed by atoms with E-state index in [1.807, 2.05) is 30.3 Å². The number of rotatable bonds is 10. The first-order valence-corrected chi connectivity index (χ1v) is 17.5. The summed E-state index contributed by atoms with van der Waals surface area (Å²) in [6.07, 6.45) is 1.87. The van der Waals surface area contributed by atoms with Crippen molar-refractivity contribution in [1.29, 1.82) is 0 Å². The minimum Gasteiger partial charge on any atom is -0.508 e. The highest BCUT2D eigenvalue weighted by Crippen LogP contribution is 2.47. The van der Waals surface area contributed by atoms with E-state index in [1.165, 1.54) is 24.3 Å². The second-order valence-corrected chi connectivity index (χ2v) is 14.0. The second kappa shape index (κ2) is 13.9. The highest BCUT2D eigenvalue weighted by molar-refractivity contribution is 7.80. The average Bonchev–Trinajstić information content (AvgIpc) is 3.40. The predicted octanol–water partition coefficient (Wildman–Crippen LogP) is 8.47. The molecule has 6 rings (SSSR count). The smallest absolute Gasteiger partial charge is 0.356 e. The number of hydrogen-bond acceptors (Lipinski definition) is 4. The second-order valence-electron chi connectivity index (χ2n) is 11.9. The van der Waals surface area contributed by atoms with Crippen LogP contribution in [0.5, 0.6) is 5.75 Å². The number of phenols is 1. The van der Waals surface area contributed by atoms with Crippen LogP contribution in [0.2, 0.25) is 0 Å². The molecule has 3 atom stereocenters. The van der Waals surface area contributed by atoms with Crippen molar-refractivity contribution in [3.8, 4) is 28.0 Å². The summed E-state index contributed by atoms with van der Waals surface area (Å²) in [6.45, 7) is 0. The largest absolute Gasteiger partial charge is 0.508 e. The third kappa shape index (κ3) is 7.38. The lowest BCUT2D eigenvalue weighted by atomic mass is 9.87. The lowest BCUT2D eigenvalue weighted by Crippen LogP contribution is -2.28. The molecule has 0 amide bonds. The van der Waals surface area contributed by atoms with E-state index in [0.29, 0.717) is 36.0 Å². The molecule has 0 aromatic heterocycles. The van der Waals surface area contributed by atoms with E-state index in [4.69, 9.17) is 12.2 Å². The summed E-state index contributed by atoms with van der Waals surface area (Å²) in [4.78, 5) is 21.8. The molecule has 1 fully saturated rings. The zero-order valence-electron chi connectivity index (χ0n) is 25.5. The van der Waals surface area contributed by atoms with Gasteiger partial charge in [-0.2, -0.15) is 0 Å². The molecule has 4 N–H and O–H groups in total. The Morgan fingerprint density at radius 3 is 2.04 bits per heavy atom. The van der Waals surface area contributed by atoms with Crippen molar-refractivity contribution in [2.45, 2.75) is 37.8 Å². The molecule has 0 aliphatic carbocycles. The Kier molecular flexibility index (Phi) is 9.69. The van der Waals surface area contributed by atoms with Gasteiger partial charge >= 0.3 is 7.60 Å². The fourth-order valence-electron chi connectivity index (χ4n) is 6.45. The molecule has 1 aliphatic rings. The Labute approximate surface area is 278 Å². The van der Waals surface area contributed by atoms with Crippen molar-refractivity contribution in [1.82, 2.24) is 0 Å². The quantitative estimate of drug-likeness (QED) is 0.0876. The number of hydrogen-bond donors (Lipinski definition) is 4. The average molecular weight is 668 g/mol. The maximum absolute atomic E-state index is 13.4. The van der Waals surface area contributed by atoms with Gasteiger partial charge < -0.3 is 24.9 Å². The summed E-state index contributed by atoms with van der Waals surface area (Å²) in [5, 5.41) is 22.2. The van der Waals surface area contributed by atoms with Crippen LogP contribution in [-0.2, 0) is 4.57 Å². The van der Waals surface area contributed by atoms with Gasteiger partial charge in [0, 0.05) is 17.7 Å². The number of halogens is 1. The van der Waals surface area contributed by atoms with E-state index >= 15 is 0 Å². The van der Waals surface area contributed by atoms with Crippen molar-refractivity contribution in [3.63, 3.8) is 0 Å². The number of anilines is 1. The molecule has 1 unspecified atom stereocenters. The summed E-state index contributed by atoms with van der Waals surface area (Å²) in [7, 11) is -4.36. The number of nitrogens with zero attached hydrogens (tertiary/aromatic N) is 1. The minimum atomic E-state index is -4.36. The summed E-state index contributed by atoms with van der Waals surface area (Å²) in [5.41, 5.74) is 5.93. The Morgan fingerprint density at radius 1 is 0.809 bits per heavy atom. The maximum Gasteiger partial charge on any atom is 0.356 e. The summed E-state index contributed by atoms with van der Waals surface area (Å²) >= 11 is 5.98.